The van der Waals surface area contributed by atoms with Crippen molar-refractivity contribution in [2.24, 2.45) is 5.92 Å². The van der Waals surface area contributed by atoms with Gasteiger partial charge in [-0.3, -0.25) is 4.79 Å². The van der Waals surface area contributed by atoms with Crippen molar-refractivity contribution < 1.29 is 9.90 Å². The van der Waals surface area contributed by atoms with Crippen LogP contribution in [0.2, 0.25) is 0 Å². The van der Waals surface area contributed by atoms with Crippen LogP contribution >= 0.6 is 15.9 Å². The van der Waals surface area contributed by atoms with E-state index in [4.69, 9.17) is 5.73 Å². The standard InChI is InChI=1S/C15H21BrN2O2/c1-10-4-3-7-15(20,8-10)9-18-14(19)11-5-2-6-12(17)13(11)16/h2,5-6,10,20H,3-4,7-9,17H2,1H3,(H,18,19). The molecule has 4 N–H and O–H groups in total. The fourth-order valence-electron chi connectivity index (χ4n) is 2.86. The number of carbonyl (C=O) groups excluding carboxylic acids is 1. The number of aliphatic hydroxyl groups is 1. The normalized spacial score (nSPS) is 26.2. The van der Waals surface area contributed by atoms with Crippen molar-refractivity contribution in [2.75, 3.05) is 12.3 Å². The zero-order valence-corrected chi connectivity index (χ0v) is 13.2. The van der Waals surface area contributed by atoms with Crippen LogP contribution in [0, 0.1) is 5.92 Å². The summed E-state index contributed by atoms with van der Waals surface area (Å²) in [5, 5.41) is 13.3. The van der Waals surface area contributed by atoms with Gasteiger partial charge in [-0.25, -0.2) is 0 Å². The summed E-state index contributed by atoms with van der Waals surface area (Å²) in [5.74, 6) is 0.292. The third-order valence-corrected chi connectivity index (χ3v) is 4.80. The topological polar surface area (TPSA) is 75.3 Å². The molecule has 5 heteroatoms. The number of nitrogens with one attached hydrogen (secondary N) is 1. The summed E-state index contributed by atoms with van der Waals surface area (Å²) in [4.78, 5) is 12.2. The summed E-state index contributed by atoms with van der Waals surface area (Å²) in [6.45, 7) is 2.43. The van der Waals surface area contributed by atoms with Crippen molar-refractivity contribution >= 4 is 27.5 Å². The molecule has 1 amide bonds. The van der Waals surface area contributed by atoms with Crippen LogP contribution in [0.15, 0.2) is 22.7 Å². The average molecular weight is 341 g/mol. The third-order valence-electron chi connectivity index (χ3n) is 3.92. The molecule has 2 atom stereocenters. The highest BCUT2D eigenvalue weighted by Crippen LogP contribution is 2.32. The number of benzene rings is 1. The molecule has 1 saturated carbocycles. The summed E-state index contributed by atoms with van der Waals surface area (Å²) >= 11 is 3.32. The number of halogens is 1. The molecule has 1 aromatic rings. The smallest absolute Gasteiger partial charge is 0.252 e. The fourth-order valence-corrected chi connectivity index (χ4v) is 3.30. The Kier molecular flexibility index (Phi) is 4.70. The number of nitrogens with two attached hydrogens (primary N) is 1. The summed E-state index contributed by atoms with van der Waals surface area (Å²) in [6.07, 6.45) is 3.65. The molecule has 4 nitrogen and oxygen atoms in total. The van der Waals surface area contributed by atoms with Crippen LogP contribution in [-0.4, -0.2) is 23.2 Å². The number of hydrogen-bond acceptors (Lipinski definition) is 3. The summed E-state index contributed by atoms with van der Waals surface area (Å²) in [6, 6.07) is 5.19. The number of anilines is 1. The van der Waals surface area contributed by atoms with Crippen LogP contribution in [-0.2, 0) is 0 Å². The van der Waals surface area contributed by atoms with E-state index in [1.165, 1.54) is 0 Å². The molecule has 0 radical (unpaired) electrons. The molecule has 0 bridgehead atoms. The molecule has 2 unspecified atom stereocenters. The minimum atomic E-state index is -0.778. The Morgan fingerprint density at radius 1 is 1.60 bits per heavy atom. The van der Waals surface area contributed by atoms with Crippen molar-refractivity contribution in [3.63, 3.8) is 0 Å². The first kappa shape index (κ1) is 15.3. The van der Waals surface area contributed by atoms with E-state index in [1.54, 1.807) is 18.2 Å². The van der Waals surface area contributed by atoms with Gasteiger partial charge in [-0.15, -0.1) is 0 Å². The minimum absolute atomic E-state index is 0.212. The van der Waals surface area contributed by atoms with E-state index in [9.17, 15) is 9.90 Å². The van der Waals surface area contributed by atoms with Crippen molar-refractivity contribution in [1.82, 2.24) is 5.32 Å². The van der Waals surface area contributed by atoms with E-state index in [0.29, 0.717) is 21.6 Å². The predicted molar refractivity (Wildman–Crippen MR) is 83.5 cm³/mol. The van der Waals surface area contributed by atoms with Crippen LogP contribution < -0.4 is 11.1 Å². The Morgan fingerprint density at radius 2 is 2.35 bits per heavy atom. The van der Waals surface area contributed by atoms with Crippen molar-refractivity contribution in [3.05, 3.63) is 28.2 Å². The number of nitrogen functional groups attached to an aromatic ring is 1. The molecule has 0 saturated heterocycles. The molecule has 1 fully saturated rings. The SMILES string of the molecule is CC1CCCC(O)(CNC(=O)c2cccc(N)c2Br)C1. The lowest BCUT2D eigenvalue weighted by Gasteiger charge is -2.35. The Labute approximate surface area is 127 Å². The van der Waals surface area contributed by atoms with Crippen LogP contribution in [0.4, 0.5) is 5.69 Å². The zero-order valence-electron chi connectivity index (χ0n) is 11.7. The van der Waals surface area contributed by atoms with Gasteiger partial charge < -0.3 is 16.2 Å². The molecule has 0 heterocycles. The second kappa shape index (κ2) is 6.14. The van der Waals surface area contributed by atoms with Crippen molar-refractivity contribution in [2.45, 2.75) is 38.2 Å². The van der Waals surface area contributed by atoms with E-state index >= 15 is 0 Å². The van der Waals surface area contributed by atoms with Gasteiger partial charge in [-0.1, -0.05) is 25.8 Å². The van der Waals surface area contributed by atoms with Gasteiger partial charge in [0.05, 0.1) is 15.6 Å². The number of rotatable bonds is 3. The summed E-state index contributed by atoms with van der Waals surface area (Å²) in [7, 11) is 0. The maximum atomic E-state index is 12.2. The molecular formula is C15H21BrN2O2. The molecule has 0 aliphatic heterocycles. The van der Waals surface area contributed by atoms with E-state index in [0.717, 1.165) is 25.7 Å². The first-order valence-electron chi connectivity index (χ1n) is 6.96. The highest BCUT2D eigenvalue weighted by Gasteiger charge is 2.33. The Hall–Kier alpha value is -1.07. The highest BCUT2D eigenvalue weighted by atomic mass is 79.9. The number of amides is 1. The Bertz CT molecular complexity index is 507. The number of carbonyl (C=O) groups is 1. The third kappa shape index (κ3) is 3.52. The fraction of sp³-hybridized carbons (Fsp3) is 0.533. The van der Waals surface area contributed by atoms with Crippen LogP contribution in [0.1, 0.15) is 43.0 Å². The second-order valence-electron chi connectivity index (χ2n) is 5.82. The Balaban J connectivity index is 2.00. The first-order chi connectivity index (χ1) is 9.41. The lowest BCUT2D eigenvalue weighted by molar-refractivity contribution is -0.0109. The molecule has 2 rings (SSSR count). The van der Waals surface area contributed by atoms with Gasteiger partial charge >= 0.3 is 0 Å². The monoisotopic (exact) mass is 340 g/mol. The highest BCUT2D eigenvalue weighted by molar-refractivity contribution is 9.10. The molecule has 20 heavy (non-hydrogen) atoms. The van der Waals surface area contributed by atoms with Gasteiger partial charge in [-0.2, -0.15) is 0 Å². The van der Waals surface area contributed by atoms with Crippen LogP contribution in [0.3, 0.4) is 0 Å². The first-order valence-corrected chi connectivity index (χ1v) is 7.75. The lowest BCUT2D eigenvalue weighted by Crippen LogP contribution is -2.45. The van der Waals surface area contributed by atoms with E-state index < -0.39 is 5.60 Å². The van der Waals surface area contributed by atoms with Gasteiger partial charge in [-0.05, 0) is 46.8 Å². The molecule has 110 valence electrons. The molecule has 1 aromatic carbocycles. The van der Waals surface area contributed by atoms with Gasteiger partial charge in [0.2, 0.25) is 0 Å². The van der Waals surface area contributed by atoms with Gasteiger partial charge in [0.15, 0.2) is 0 Å². The molecule has 1 aliphatic carbocycles. The van der Waals surface area contributed by atoms with E-state index in [1.807, 2.05) is 0 Å². The Morgan fingerprint density at radius 3 is 3.05 bits per heavy atom. The largest absolute Gasteiger partial charge is 0.398 e. The second-order valence-corrected chi connectivity index (χ2v) is 6.61. The van der Waals surface area contributed by atoms with Gasteiger partial charge in [0.25, 0.3) is 5.91 Å². The minimum Gasteiger partial charge on any atom is -0.398 e. The predicted octanol–water partition coefficient (Wildman–Crippen LogP) is 2.70. The molecular weight excluding hydrogens is 320 g/mol. The molecule has 1 aliphatic rings. The summed E-state index contributed by atoms with van der Waals surface area (Å²) < 4.78 is 0.599. The maximum absolute atomic E-state index is 12.2. The van der Waals surface area contributed by atoms with Gasteiger partial charge in [0.1, 0.15) is 0 Å². The molecule has 0 aromatic heterocycles. The quantitative estimate of drug-likeness (QED) is 0.740. The average Bonchev–Trinajstić information content (AvgIpc) is 2.39. The van der Waals surface area contributed by atoms with Crippen molar-refractivity contribution in [3.8, 4) is 0 Å². The lowest BCUT2D eigenvalue weighted by atomic mass is 9.79. The van der Waals surface area contributed by atoms with Crippen molar-refractivity contribution in [1.29, 1.82) is 0 Å². The zero-order chi connectivity index (χ0) is 14.8. The van der Waals surface area contributed by atoms with E-state index in [2.05, 4.69) is 28.2 Å². The van der Waals surface area contributed by atoms with E-state index in [-0.39, 0.29) is 12.5 Å². The van der Waals surface area contributed by atoms with Gasteiger partial charge in [0, 0.05) is 12.2 Å². The summed E-state index contributed by atoms with van der Waals surface area (Å²) in [5.41, 5.74) is 6.02. The number of hydrogen-bond donors (Lipinski definition) is 3. The molecule has 0 spiro atoms. The van der Waals surface area contributed by atoms with Crippen LogP contribution in [0.25, 0.3) is 0 Å². The maximum Gasteiger partial charge on any atom is 0.252 e. The van der Waals surface area contributed by atoms with Crippen LogP contribution in [0.5, 0.6) is 0 Å².